The van der Waals surface area contributed by atoms with E-state index >= 15 is 0 Å². The summed E-state index contributed by atoms with van der Waals surface area (Å²) >= 11 is 0. The van der Waals surface area contributed by atoms with Gasteiger partial charge in [-0.25, -0.2) is 0 Å². The van der Waals surface area contributed by atoms with E-state index in [9.17, 15) is 14.4 Å². The summed E-state index contributed by atoms with van der Waals surface area (Å²) in [4.78, 5) is 34.8. The highest BCUT2D eigenvalue weighted by Crippen LogP contribution is 2.08. The first-order chi connectivity index (χ1) is 7.63. The van der Waals surface area contributed by atoms with E-state index in [0.717, 1.165) is 6.42 Å². The molecule has 0 aromatic rings. The number of esters is 1. The number of amides is 2. The van der Waals surface area contributed by atoms with Crippen molar-refractivity contribution < 1.29 is 19.1 Å². The summed E-state index contributed by atoms with van der Waals surface area (Å²) < 4.78 is 4.43. The second-order valence-corrected chi connectivity index (χ2v) is 3.59. The molecule has 16 heavy (non-hydrogen) atoms. The average molecular weight is 228 g/mol. The number of hydrogen-bond donors (Lipinski definition) is 1. The normalized spacial score (nSPS) is 15.1. The molecule has 0 radical (unpaired) electrons. The van der Waals surface area contributed by atoms with Gasteiger partial charge in [0.2, 0.25) is 11.8 Å². The van der Waals surface area contributed by atoms with Gasteiger partial charge in [-0.15, -0.1) is 0 Å². The van der Waals surface area contributed by atoms with Crippen molar-refractivity contribution >= 4 is 17.8 Å². The lowest BCUT2D eigenvalue weighted by atomic mass is 10.4. The number of likely N-dealkylation sites (tertiary alicyclic amines) is 1. The molecule has 0 spiro atoms. The third-order valence-electron chi connectivity index (χ3n) is 2.38. The van der Waals surface area contributed by atoms with Crippen LogP contribution in [-0.4, -0.2) is 49.4 Å². The molecule has 2 amide bonds. The van der Waals surface area contributed by atoms with E-state index in [1.54, 1.807) is 0 Å². The van der Waals surface area contributed by atoms with Crippen LogP contribution in [0.3, 0.4) is 0 Å². The Hall–Kier alpha value is -1.59. The molecule has 1 rings (SSSR count). The minimum absolute atomic E-state index is 0.0168. The van der Waals surface area contributed by atoms with E-state index in [0.29, 0.717) is 13.0 Å². The second-order valence-electron chi connectivity index (χ2n) is 3.59. The second kappa shape index (κ2) is 6.09. The smallest absolute Gasteiger partial charge is 0.307 e. The zero-order chi connectivity index (χ0) is 12.0. The number of hydrogen-bond acceptors (Lipinski definition) is 4. The highest BCUT2D eigenvalue weighted by molar-refractivity contribution is 5.86. The van der Waals surface area contributed by atoms with Crippen LogP contribution in [0.25, 0.3) is 0 Å². The van der Waals surface area contributed by atoms with Crippen molar-refractivity contribution in [3.8, 4) is 0 Å². The molecule has 90 valence electrons. The fraction of sp³-hybridized carbons (Fsp3) is 0.700. The Morgan fingerprint density at radius 1 is 1.50 bits per heavy atom. The van der Waals surface area contributed by atoms with E-state index in [1.165, 1.54) is 12.0 Å². The van der Waals surface area contributed by atoms with Crippen LogP contribution in [0.2, 0.25) is 0 Å². The monoisotopic (exact) mass is 228 g/mol. The van der Waals surface area contributed by atoms with Gasteiger partial charge in [0.25, 0.3) is 0 Å². The van der Waals surface area contributed by atoms with Crippen LogP contribution in [-0.2, 0) is 19.1 Å². The molecule has 1 saturated heterocycles. The number of nitrogens with one attached hydrogen (secondary N) is 1. The van der Waals surface area contributed by atoms with Gasteiger partial charge in [0.1, 0.15) is 0 Å². The predicted octanol–water partition coefficient (Wildman–Crippen LogP) is -0.712. The van der Waals surface area contributed by atoms with Crippen LogP contribution >= 0.6 is 0 Å². The number of methoxy groups -OCH3 is 1. The number of ether oxygens (including phenoxy) is 1. The lowest BCUT2D eigenvalue weighted by Gasteiger charge is -2.14. The quantitative estimate of drug-likeness (QED) is 0.631. The molecule has 0 atom stereocenters. The zero-order valence-corrected chi connectivity index (χ0v) is 9.32. The van der Waals surface area contributed by atoms with Gasteiger partial charge >= 0.3 is 5.97 Å². The minimum atomic E-state index is -0.363. The van der Waals surface area contributed by atoms with Crippen LogP contribution < -0.4 is 5.32 Å². The molecule has 1 fully saturated rings. The van der Waals surface area contributed by atoms with Gasteiger partial charge in [-0.1, -0.05) is 0 Å². The van der Waals surface area contributed by atoms with Crippen LogP contribution in [0, 0.1) is 0 Å². The van der Waals surface area contributed by atoms with Gasteiger partial charge in [0, 0.05) is 19.5 Å². The fourth-order valence-electron chi connectivity index (χ4n) is 1.51. The van der Waals surface area contributed by atoms with Crippen molar-refractivity contribution in [3.05, 3.63) is 0 Å². The SMILES string of the molecule is COC(=O)CCNC(=O)CN1CCCC1=O. The number of carbonyl (C=O) groups excluding carboxylic acids is 3. The average Bonchev–Trinajstić information content (AvgIpc) is 2.64. The van der Waals surface area contributed by atoms with Gasteiger partial charge in [0.15, 0.2) is 0 Å². The van der Waals surface area contributed by atoms with Crippen molar-refractivity contribution in [1.29, 1.82) is 0 Å². The van der Waals surface area contributed by atoms with E-state index in [2.05, 4.69) is 10.1 Å². The molecule has 0 saturated carbocycles. The first kappa shape index (κ1) is 12.5. The number of nitrogens with zero attached hydrogens (tertiary/aromatic N) is 1. The van der Waals surface area contributed by atoms with Gasteiger partial charge in [0.05, 0.1) is 20.1 Å². The molecule has 6 nitrogen and oxygen atoms in total. The Morgan fingerprint density at radius 2 is 2.25 bits per heavy atom. The van der Waals surface area contributed by atoms with Crippen LogP contribution in [0.1, 0.15) is 19.3 Å². The molecule has 0 aromatic heterocycles. The van der Waals surface area contributed by atoms with Crippen molar-refractivity contribution in [2.75, 3.05) is 26.7 Å². The van der Waals surface area contributed by atoms with Gasteiger partial charge in [-0.05, 0) is 6.42 Å². The largest absolute Gasteiger partial charge is 0.469 e. The maximum atomic E-state index is 11.4. The third-order valence-corrected chi connectivity index (χ3v) is 2.38. The van der Waals surface area contributed by atoms with Gasteiger partial charge in [-0.2, -0.15) is 0 Å². The van der Waals surface area contributed by atoms with E-state index in [4.69, 9.17) is 0 Å². The van der Waals surface area contributed by atoms with Crippen molar-refractivity contribution in [3.63, 3.8) is 0 Å². The molecule has 1 aliphatic rings. The summed E-state index contributed by atoms with van der Waals surface area (Å²) in [7, 11) is 1.30. The first-order valence-electron chi connectivity index (χ1n) is 5.25. The molecular formula is C10H16N2O4. The highest BCUT2D eigenvalue weighted by Gasteiger charge is 2.21. The van der Waals surface area contributed by atoms with E-state index < -0.39 is 0 Å². The van der Waals surface area contributed by atoms with Crippen molar-refractivity contribution in [2.24, 2.45) is 0 Å². The standard InChI is InChI=1S/C10H16N2O4/c1-16-10(15)4-5-11-8(13)7-12-6-2-3-9(12)14/h2-7H2,1H3,(H,11,13). The number of carbonyl (C=O) groups is 3. The van der Waals surface area contributed by atoms with Crippen LogP contribution in [0.4, 0.5) is 0 Å². The molecular weight excluding hydrogens is 212 g/mol. The molecule has 0 unspecified atom stereocenters. The highest BCUT2D eigenvalue weighted by atomic mass is 16.5. The van der Waals surface area contributed by atoms with Gasteiger partial charge < -0.3 is 15.0 Å². The molecule has 6 heteroatoms. The molecule has 1 aliphatic heterocycles. The molecule has 0 aromatic carbocycles. The Labute approximate surface area is 93.9 Å². The Balaban J connectivity index is 2.16. The Bertz CT molecular complexity index is 291. The predicted molar refractivity (Wildman–Crippen MR) is 55.5 cm³/mol. The van der Waals surface area contributed by atoms with Crippen LogP contribution in [0.15, 0.2) is 0 Å². The topological polar surface area (TPSA) is 75.7 Å². The molecule has 0 bridgehead atoms. The fourth-order valence-corrected chi connectivity index (χ4v) is 1.51. The lowest BCUT2D eigenvalue weighted by molar-refractivity contribution is -0.140. The summed E-state index contributed by atoms with van der Waals surface area (Å²) in [5, 5.41) is 2.56. The summed E-state index contributed by atoms with van der Waals surface area (Å²) in [5.41, 5.74) is 0. The molecule has 1 N–H and O–H groups in total. The van der Waals surface area contributed by atoms with Gasteiger partial charge in [-0.3, -0.25) is 14.4 Å². The lowest BCUT2D eigenvalue weighted by Crippen LogP contribution is -2.38. The third kappa shape index (κ3) is 3.88. The molecule has 1 heterocycles. The van der Waals surface area contributed by atoms with E-state index in [-0.39, 0.29) is 37.3 Å². The van der Waals surface area contributed by atoms with Crippen LogP contribution in [0.5, 0.6) is 0 Å². The Morgan fingerprint density at radius 3 is 2.81 bits per heavy atom. The van der Waals surface area contributed by atoms with Crippen molar-refractivity contribution in [2.45, 2.75) is 19.3 Å². The summed E-state index contributed by atoms with van der Waals surface area (Å²) in [6.07, 6.45) is 1.49. The van der Waals surface area contributed by atoms with Crippen molar-refractivity contribution in [1.82, 2.24) is 10.2 Å². The summed E-state index contributed by atoms with van der Waals surface area (Å²) in [6, 6.07) is 0. The minimum Gasteiger partial charge on any atom is -0.469 e. The van der Waals surface area contributed by atoms with E-state index in [1.807, 2.05) is 0 Å². The maximum Gasteiger partial charge on any atom is 0.307 e. The molecule has 0 aliphatic carbocycles. The summed E-state index contributed by atoms with van der Waals surface area (Å²) in [6.45, 7) is 0.969. The zero-order valence-electron chi connectivity index (χ0n) is 9.32. The Kier molecular flexibility index (Phi) is 4.75. The summed E-state index contributed by atoms with van der Waals surface area (Å²) in [5.74, 6) is -0.584. The number of rotatable bonds is 5. The maximum absolute atomic E-state index is 11.4. The first-order valence-corrected chi connectivity index (χ1v) is 5.25.